The van der Waals surface area contributed by atoms with E-state index in [0.717, 1.165) is 35.0 Å². The minimum Gasteiger partial charge on any atom is -0.379 e. The molecule has 0 atom stereocenters. The molecule has 0 radical (unpaired) electrons. The molecule has 1 aliphatic carbocycles. The number of H-pyrrole nitrogens is 1. The van der Waals surface area contributed by atoms with Crippen molar-refractivity contribution in [3.05, 3.63) is 42.6 Å². The van der Waals surface area contributed by atoms with Crippen molar-refractivity contribution in [3.8, 4) is 11.1 Å². The van der Waals surface area contributed by atoms with Gasteiger partial charge in [-0.15, -0.1) is 0 Å². The molecule has 2 aromatic heterocycles. The summed E-state index contributed by atoms with van der Waals surface area (Å²) >= 11 is 0. The quantitative estimate of drug-likeness (QED) is 0.519. The van der Waals surface area contributed by atoms with Crippen LogP contribution in [0, 0.1) is 5.92 Å². The van der Waals surface area contributed by atoms with Crippen LogP contribution in [0.2, 0.25) is 0 Å². The Labute approximate surface area is 187 Å². The zero-order chi connectivity index (χ0) is 23.2. The predicted molar refractivity (Wildman–Crippen MR) is 118 cm³/mol. The number of aromatic nitrogens is 2. The number of nitrogens with zero attached hydrogens (tertiary/aromatic N) is 2. The molecule has 2 fully saturated rings. The molecule has 2 aliphatic rings. The second-order valence-corrected chi connectivity index (χ2v) is 8.57. The minimum absolute atomic E-state index is 0.0119. The summed E-state index contributed by atoms with van der Waals surface area (Å²) in [6.45, 7) is 0.490. The number of hydrogen-bond donors (Lipinski definition) is 3. The number of likely N-dealkylation sites (tertiary alicyclic amines) is 1. The lowest BCUT2D eigenvalue weighted by atomic mass is 10.0. The van der Waals surface area contributed by atoms with E-state index in [2.05, 4.69) is 20.6 Å². The minimum atomic E-state index is -4.48. The number of amides is 2. The number of rotatable bonds is 6. The van der Waals surface area contributed by atoms with Gasteiger partial charge >= 0.3 is 6.18 Å². The van der Waals surface area contributed by atoms with Crippen LogP contribution < -0.4 is 10.6 Å². The van der Waals surface area contributed by atoms with Crippen molar-refractivity contribution in [1.82, 2.24) is 14.9 Å². The Balaban J connectivity index is 1.26. The van der Waals surface area contributed by atoms with Crippen molar-refractivity contribution in [2.75, 3.05) is 23.7 Å². The number of carbonyl (C=O) groups excluding carboxylic acids is 2. The van der Waals surface area contributed by atoms with Gasteiger partial charge in [-0.05, 0) is 48.2 Å². The van der Waals surface area contributed by atoms with Gasteiger partial charge in [0, 0.05) is 36.3 Å². The van der Waals surface area contributed by atoms with Gasteiger partial charge in [-0.1, -0.05) is 12.1 Å². The van der Waals surface area contributed by atoms with Gasteiger partial charge in [-0.25, -0.2) is 4.98 Å². The van der Waals surface area contributed by atoms with Crippen molar-refractivity contribution in [1.29, 1.82) is 0 Å². The molecule has 1 saturated heterocycles. The van der Waals surface area contributed by atoms with Crippen LogP contribution in [0.4, 0.5) is 24.7 Å². The molecule has 3 heterocycles. The smallest absolute Gasteiger partial charge is 0.379 e. The van der Waals surface area contributed by atoms with Crippen molar-refractivity contribution in [2.45, 2.75) is 31.5 Å². The normalized spacial score (nSPS) is 16.5. The first-order valence-corrected chi connectivity index (χ1v) is 10.8. The number of hydrogen-bond acceptors (Lipinski definition) is 4. The molecule has 172 valence electrons. The zero-order valence-electron chi connectivity index (χ0n) is 17.6. The summed E-state index contributed by atoms with van der Waals surface area (Å²) in [5, 5.41) is 7.06. The Morgan fingerprint density at radius 2 is 1.85 bits per heavy atom. The van der Waals surface area contributed by atoms with Crippen LogP contribution in [0.25, 0.3) is 22.2 Å². The summed E-state index contributed by atoms with van der Waals surface area (Å²) in [4.78, 5) is 32.6. The molecule has 2 amide bonds. The summed E-state index contributed by atoms with van der Waals surface area (Å²) in [5.74, 6) is -0.334. The van der Waals surface area contributed by atoms with Gasteiger partial charge in [0.1, 0.15) is 17.9 Å². The molecule has 1 aromatic carbocycles. The standard InChI is InChI=1S/C23H22F3N5O2/c24-23(25,26)10-20(32)31-11-16(12-31)28-15-5-3-13(4-6-15)18-9-19(30-22(33)14-1-2-14)29-21-17(18)7-8-27-21/h3-9,14,16,28H,1-2,10-12H2,(H2,27,29,30,33). The van der Waals surface area contributed by atoms with Gasteiger partial charge in [-0.2, -0.15) is 13.2 Å². The Morgan fingerprint density at radius 3 is 2.52 bits per heavy atom. The van der Waals surface area contributed by atoms with Crippen molar-refractivity contribution >= 4 is 34.4 Å². The van der Waals surface area contributed by atoms with E-state index in [0.29, 0.717) is 11.5 Å². The summed E-state index contributed by atoms with van der Waals surface area (Å²) in [6, 6.07) is 11.3. The van der Waals surface area contributed by atoms with E-state index in [9.17, 15) is 22.8 Å². The van der Waals surface area contributed by atoms with Gasteiger partial charge < -0.3 is 20.5 Å². The van der Waals surface area contributed by atoms with Crippen LogP contribution in [-0.4, -0.2) is 52.0 Å². The van der Waals surface area contributed by atoms with Crippen LogP contribution >= 0.6 is 0 Å². The van der Waals surface area contributed by atoms with E-state index in [-0.39, 0.29) is 31.0 Å². The highest BCUT2D eigenvalue weighted by molar-refractivity contribution is 5.99. The molecule has 0 spiro atoms. The molecule has 1 saturated carbocycles. The third kappa shape index (κ3) is 4.79. The molecule has 0 unspecified atom stereocenters. The molecule has 1 aliphatic heterocycles. The number of fused-ring (bicyclic) bond motifs is 1. The Morgan fingerprint density at radius 1 is 1.12 bits per heavy atom. The maximum atomic E-state index is 12.4. The number of alkyl halides is 3. The van der Waals surface area contributed by atoms with Crippen LogP contribution in [0.3, 0.4) is 0 Å². The highest BCUT2D eigenvalue weighted by atomic mass is 19.4. The Kier molecular flexibility index (Phi) is 5.22. The summed E-state index contributed by atoms with van der Waals surface area (Å²) in [6.07, 6.45) is -2.28. The number of pyridine rings is 1. The average Bonchev–Trinajstić information content (AvgIpc) is 3.47. The monoisotopic (exact) mass is 457 g/mol. The van der Waals surface area contributed by atoms with Gasteiger partial charge in [-0.3, -0.25) is 9.59 Å². The van der Waals surface area contributed by atoms with Crippen LogP contribution in [0.1, 0.15) is 19.3 Å². The second kappa shape index (κ2) is 8.09. The number of halogens is 3. The zero-order valence-corrected chi connectivity index (χ0v) is 17.6. The van der Waals surface area contributed by atoms with E-state index >= 15 is 0 Å². The van der Waals surface area contributed by atoms with Crippen molar-refractivity contribution in [2.24, 2.45) is 5.92 Å². The van der Waals surface area contributed by atoms with Crippen LogP contribution in [-0.2, 0) is 9.59 Å². The predicted octanol–water partition coefficient (Wildman–Crippen LogP) is 4.15. The van der Waals surface area contributed by atoms with E-state index in [1.807, 2.05) is 36.4 Å². The molecule has 10 heteroatoms. The fourth-order valence-electron chi connectivity index (χ4n) is 3.95. The lowest BCUT2D eigenvalue weighted by molar-refractivity contribution is -0.164. The van der Waals surface area contributed by atoms with Crippen molar-refractivity contribution in [3.63, 3.8) is 0 Å². The first kappa shape index (κ1) is 21.3. The number of carbonyl (C=O) groups is 2. The van der Waals surface area contributed by atoms with E-state index < -0.39 is 18.5 Å². The van der Waals surface area contributed by atoms with Crippen molar-refractivity contribution < 1.29 is 22.8 Å². The lowest BCUT2D eigenvalue weighted by Gasteiger charge is -2.40. The van der Waals surface area contributed by atoms with Gasteiger partial charge in [0.25, 0.3) is 0 Å². The molecule has 33 heavy (non-hydrogen) atoms. The molecule has 3 aromatic rings. The summed E-state index contributed by atoms with van der Waals surface area (Å²) in [5.41, 5.74) is 3.35. The second-order valence-electron chi connectivity index (χ2n) is 8.57. The molecular formula is C23H22F3N5O2. The first-order valence-electron chi connectivity index (χ1n) is 10.8. The highest BCUT2D eigenvalue weighted by Gasteiger charge is 2.38. The fraction of sp³-hybridized carbons (Fsp3) is 0.348. The maximum absolute atomic E-state index is 12.4. The number of benzene rings is 1. The maximum Gasteiger partial charge on any atom is 0.397 e. The highest BCUT2D eigenvalue weighted by Crippen LogP contribution is 2.33. The molecular weight excluding hydrogens is 435 g/mol. The number of anilines is 2. The van der Waals surface area contributed by atoms with E-state index in [1.165, 1.54) is 4.90 Å². The Bertz CT molecular complexity index is 1200. The van der Waals surface area contributed by atoms with Crippen LogP contribution in [0.15, 0.2) is 42.6 Å². The molecule has 5 rings (SSSR count). The van der Waals surface area contributed by atoms with Gasteiger partial charge in [0.05, 0.1) is 6.04 Å². The fourth-order valence-corrected chi connectivity index (χ4v) is 3.95. The number of aromatic amines is 1. The largest absolute Gasteiger partial charge is 0.397 e. The average molecular weight is 457 g/mol. The summed E-state index contributed by atoms with van der Waals surface area (Å²) < 4.78 is 37.1. The SMILES string of the molecule is O=C(Nc1cc(-c2ccc(NC3CN(C(=O)CC(F)(F)F)C3)cc2)c2cc[nH]c2n1)C1CC1. The topological polar surface area (TPSA) is 90.1 Å². The molecule has 7 nitrogen and oxygen atoms in total. The van der Waals surface area contributed by atoms with Gasteiger partial charge in [0.15, 0.2) is 0 Å². The van der Waals surface area contributed by atoms with E-state index in [1.54, 1.807) is 6.20 Å². The molecule has 3 N–H and O–H groups in total. The number of nitrogens with one attached hydrogen (secondary N) is 3. The molecule has 0 bridgehead atoms. The van der Waals surface area contributed by atoms with Crippen LogP contribution in [0.5, 0.6) is 0 Å². The summed E-state index contributed by atoms with van der Waals surface area (Å²) in [7, 11) is 0. The Hall–Kier alpha value is -3.56. The van der Waals surface area contributed by atoms with Gasteiger partial charge in [0.2, 0.25) is 11.8 Å². The third-order valence-corrected chi connectivity index (χ3v) is 5.88. The third-order valence-electron chi connectivity index (χ3n) is 5.88. The first-order chi connectivity index (χ1) is 15.7. The van der Waals surface area contributed by atoms with E-state index in [4.69, 9.17) is 0 Å². The lowest BCUT2D eigenvalue weighted by Crippen LogP contribution is -2.57.